The fourth-order valence-corrected chi connectivity index (χ4v) is 8.80. The number of hydrogen-bond donors (Lipinski definition) is 0. The molecule has 0 saturated heterocycles. The molecule has 30 heavy (non-hydrogen) atoms. The van der Waals surface area contributed by atoms with Gasteiger partial charge in [0.05, 0.1) is 0 Å². The second-order valence-electron chi connectivity index (χ2n) is 12.3. The molecule has 3 fully saturated rings. The third kappa shape index (κ3) is 3.77. The molecule has 0 aromatic rings. The van der Waals surface area contributed by atoms with Crippen LogP contribution in [0.3, 0.4) is 0 Å². The summed E-state index contributed by atoms with van der Waals surface area (Å²) in [6, 6.07) is 0. The maximum absolute atomic E-state index is 10.6. The first-order valence-electron chi connectivity index (χ1n) is 13.0. The van der Waals surface area contributed by atoms with E-state index in [-0.39, 0.29) is 6.10 Å². The standard InChI is InChI=1S/C27H45NO2/c1-18(2)7-6-8-19(3)23-11-12-24-22-10-9-20-17-21(30-28-29)13-15-26(20,4)25(22)14-16-27(23,24)5/h9,18-19,21-25H,6-8,10-17H2,1-5H3. The maximum atomic E-state index is 10.6. The lowest BCUT2D eigenvalue weighted by Crippen LogP contribution is -2.50. The van der Waals surface area contributed by atoms with Crippen LogP contribution in [0.4, 0.5) is 0 Å². The first-order valence-corrected chi connectivity index (χ1v) is 13.0. The van der Waals surface area contributed by atoms with E-state index in [1.54, 1.807) is 5.57 Å². The van der Waals surface area contributed by atoms with Crippen molar-refractivity contribution in [3.63, 3.8) is 0 Å². The largest absolute Gasteiger partial charge is 0.360 e. The minimum Gasteiger partial charge on any atom is -0.360 e. The molecule has 8 unspecified atom stereocenters. The molecule has 4 rings (SSSR count). The van der Waals surface area contributed by atoms with Crippen molar-refractivity contribution in [3.8, 4) is 0 Å². The minimum absolute atomic E-state index is 0.00906. The van der Waals surface area contributed by atoms with Gasteiger partial charge >= 0.3 is 0 Å². The zero-order valence-corrected chi connectivity index (χ0v) is 20.2. The highest BCUT2D eigenvalue weighted by molar-refractivity contribution is 5.25. The first-order chi connectivity index (χ1) is 14.3. The van der Waals surface area contributed by atoms with Gasteiger partial charge in [-0.2, -0.15) is 0 Å². The Morgan fingerprint density at radius 2 is 1.87 bits per heavy atom. The second kappa shape index (κ2) is 8.58. The highest BCUT2D eigenvalue weighted by Crippen LogP contribution is 2.67. The Balaban J connectivity index is 1.47. The SMILES string of the molecule is CC(C)CCCC(C)C1CCC2C3CC=C4CC(ON=O)CCC4(C)C3CCC12C. The molecular weight excluding hydrogens is 370 g/mol. The lowest BCUT2D eigenvalue weighted by atomic mass is 9.47. The molecule has 0 bridgehead atoms. The van der Waals surface area contributed by atoms with Crippen LogP contribution in [0.1, 0.15) is 105 Å². The Bertz CT molecular complexity index is 657. The molecule has 0 radical (unpaired) electrons. The van der Waals surface area contributed by atoms with E-state index < -0.39 is 0 Å². The van der Waals surface area contributed by atoms with Gasteiger partial charge in [-0.15, -0.1) is 4.91 Å². The van der Waals surface area contributed by atoms with Gasteiger partial charge in [0.15, 0.2) is 5.34 Å². The summed E-state index contributed by atoms with van der Waals surface area (Å²) in [6.07, 6.45) is 16.9. The minimum atomic E-state index is 0.00906. The molecule has 0 amide bonds. The Hall–Kier alpha value is -0.860. The van der Waals surface area contributed by atoms with E-state index in [0.717, 1.165) is 48.3 Å². The van der Waals surface area contributed by atoms with Gasteiger partial charge < -0.3 is 4.84 Å². The smallest absolute Gasteiger partial charge is 0.155 e. The molecule has 3 nitrogen and oxygen atoms in total. The predicted octanol–water partition coefficient (Wildman–Crippen LogP) is 8.09. The Morgan fingerprint density at radius 1 is 1.07 bits per heavy atom. The number of hydrogen-bond acceptors (Lipinski definition) is 3. The van der Waals surface area contributed by atoms with Gasteiger partial charge in [0.1, 0.15) is 6.10 Å². The summed E-state index contributed by atoms with van der Waals surface area (Å²) >= 11 is 0. The Morgan fingerprint density at radius 3 is 2.60 bits per heavy atom. The van der Waals surface area contributed by atoms with Crippen LogP contribution in [-0.4, -0.2) is 6.10 Å². The van der Waals surface area contributed by atoms with E-state index in [2.05, 4.69) is 46.0 Å². The quantitative estimate of drug-likeness (QED) is 0.239. The van der Waals surface area contributed by atoms with Crippen LogP contribution in [0.15, 0.2) is 17.0 Å². The summed E-state index contributed by atoms with van der Waals surface area (Å²) in [7, 11) is 0. The van der Waals surface area contributed by atoms with Gasteiger partial charge in [0.25, 0.3) is 0 Å². The zero-order valence-electron chi connectivity index (χ0n) is 20.2. The van der Waals surface area contributed by atoms with Crippen LogP contribution in [0, 0.1) is 51.2 Å². The van der Waals surface area contributed by atoms with Gasteiger partial charge in [-0.3, -0.25) is 0 Å². The average Bonchev–Trinajstić information content (AvgIpc) is 3.05. The highest BCUT2D eigenvalue weighted by Gasteiger charge is 2.59. The third-order valence-electron chi connectivity index (χ3n) is 10.5. The fourth-order valence-electron chi connectivity index (χ4n) is 8.80. The number of rotatable bonds is 7. The molecule has 4 aliphatic carbocycles. The Kier molecular flexibility index (Phi) is 6.39. The van der Waals surface area contributed by atoms with E-state index in [9.17, 15) is 4.91 Å². The van der Waals surface area contributed by atoms with Gasteiger partial charge in [0, 0.05) is 6.42 Å². The highest BCUT2D eigenvalue weighted by atomic mass is 16.7. The van der Waals surface area contributed by atoms with E-state index in [0.29, 0.717) is 10.8 Å². The molecule has 0 aliphatic heterocycles. The summed E-state index contributed by atoms with van der Waals surface area (Å²) in [5, 5.41) is 2.73. The van der Waals surface area contributed by atoms with E-state index >= 15 is 0 Å². The number of nitrogens with zero attached hydrogens (tertiary/aromatic N) is 1. The van der Waals surface area contributed by atoms with Crippen LogP contribution in [0.5, 0.6) is 0 Å². The molecule has 0 heterocycles. The Labute approximate surface area is 184 Å². The summed E-state index contributed by atoms with van der Waals surface area (Å²) in [4.78, 5) is 15.7. The van der Waals surface area contributed by atoms with Crippen molar-refractivity contribution in [2.75, 3.05) is 0 Å². The van der Waals surface area contributed by atoms with Crippen molar-refractivity contribution >= 4 is 0 Å². The van der Waals surface area contributed by atoms with E-state index in [1.165, 1.54) is 57.8 Å². The summed E-state index contributed by atoms with van der Waals surface area (Å²) in [5.74, 6) is 5.25. The van der Waals surface area contributed by atoms with Crippen LogP contribution in [0.2, 0.25) is 0 Å². The molecule has 0 spiro atoms. The number of fused-ring (bicyclic) bond motifs is 5. The molecule has 4 aliphatic rings. The maximum Gasteiger partial charge on any atom is 0.155 e. The molecule has 8 atom stereocenters. The monoisotopic (exact) mass is 415 g/mol. The topological polar surface area (TPSA) is 38.7 Å². The lowest BCUT2D eigenvalue weighted by Gasteiger charge is -2.58. The van der Waals surface area contributed by atoms with Crippen molar-refractivity contribution in [2.45, 2.75) is 111 Å². The molecule has 0 aromatic carbocycles. The molecule has 170 valence electrons. The van der Waals surface area contributed by atoms with E-state index in [4.69, 9.17) is 4.84 Å². The average molecular weight is 416 g/mol. The number of allylic oxidation sites excluding steroid dienone is 1. The summed E-state index contributed by atoms with van der Waals surface area (Å²) < 4.78 is 0. The first kappa shape index (κ1) is 22.3. The summed E-state index contributed by atoms with van der Waals surface area (Å²) in [6.45, 7) is 12.5. The predicted molar refractivity (Wildman–Crippen MR) is 124 cm³/mol. The molecule has 0 aromatic heterocycles. The van der Waals surface area contributed by atoms with Crippen LogP contribution >= 0.6 is 0 Å². The van der Waals surface area contributed by atoms with Crippen molar-refractivity contribution in [1.82, 2.24) is 0 Å². The fraction of sp³-hybridized carbons (Fsp3) is 0.926. The van der Waals surface area contributed by atoms with Gasteiger partial charge in [0.2, 0.25) is 0 Å². The van der Waals surface area contributed by atoms with Crippen molar-refractivity contribution in [1.29, 1.82) is 0 Å². The van der Waals surface area contributed by atoms with E-state index in [1.807, 2.05) is 0 Å². The molecular formula is C27H45NO2. The molecule has 0 N–H and O–H groups in total. The lowest BCUT2D eigenvalue weighted by molar-refractivity contribution is -0.0640. The van der Waals surface area contributed by atoms with Crippen LogP contribution in [0.25, 0.3) is 0 Å². The van der Waals surface area contributed by atoms with Crippen LogP contribution in [-0.2, 0) is 4.84 Å². The van der Waals surface area contributed by atoms with Gasteiger partial charge in [-0.25, -0.2) is 0 Å². The molecule has 3 saturated carbocycles. The zero-order chi connectivity index (χ0) is 21.5. The normalized spacial score (nSPS) is 43.9. The molecule has 3 heteroatoms. The van der Waals surface area contributed by atoms with Crippen LogP contribution < -0.4 is 0 Å². The summed E-state index contributed by atoms with van der Waals surface area (Å²) in [5.41, 5.74) is 2.46. The van der Waals surface area contributed by atoms with Gasteiger partial charge in [-0.1, -0.05) is 65.5 Å². The van der Waals surface area contributed by atoms with Crippen molar-refractivity contribution in [2.24, 2.45) is 51.7 Å². The van der Waals surface area contributed by atoms with Gasteiger partial charge in [-0.05, 0) is 91.3 Å². The van der Waals surface area contributed by atoms with Crippen molar-refractivity contribution in [3.05, 3.63) is 16.6 Å². The second-order valence-corrected chi connectivity index (χ2v) is 12.3. The third-order valence-corrected chi connectivity index (χ3v) is 10.5. The van der Waals surface area contributed by atoms with Crippen molar-refractivity contribution < 1.29 is 4.84 Å².